The molecule has 1 amide bonds. The maximum atomic E-state index is 13.0. The average molecular weight is 425 g/mol. The van der Waals surface area contributed by atoms with Gasteiger partial charge in [0.1, 0.15) is 11.8 Å². The summed E-state index contributed by atoms with van der Waals surface area (Å²) >= 11 is 6.17. The predicted octanol–water partition coefficient (Wildman–Crippen LogP) is 4.15. The van der Waals surface area contributed by atoms with E-state index in [4.69, 9.17) is 16.3 Å². The molecule has 0 saturated heterocycles. The van der Waals surface area contributed by atoms with Crippen molar-refractivity contribution in [3.8, 4) is 5.75 Å². The molecule has 28 heavy (non-hydrogen) atoms. The van der Waals surface area contributed by atoms with Gasteiger partial charge in [0.15, 0.2) is 0 Å². The second kappa shape index (κ2) is 8.84. The first-order valence-corrected chi connectivity index (χ1v) is 11.0. The second-order valence-electron chi connectivity index (χ2n) is 6.61. The Kier molecular flexibility index (Phi) is 6.96. The van der Waals surface area contributed by atoms with E-state index in [1.807, 2.05) is 32.0 Å². The van der Waals surface area contributed by atoms with Crippen LogP contribution in [0.25, 0.3) is 0 Å². The van der Waals surface area contributed by atoms with Crippen LogP contribution in [0.1, 0.15) is 24.5 Å². The highest BCUT2D eigenvalue weighted by molar-refractivity contribution is 7.92. The Morgan fingerprint density at radius 1 is 1.21 bits per heavy atom. The highest BCUT2D eigenvalue weighted by Gasteiger charge is 2.32. The van der Waals surface area contributed by atoms with Gasteiger partial charge in [0, 0.05) is 5.69 Å². The Hall–Kier alpha value is -2.25. The van der Waals surface area contributed by atoms with Gasteiger partial charge in [-0.25, -0.2) is 8.42 Å². The number of anilines is 2. The number of ether oxygens (including phenoxy) is 1. The first-order valence-electron chi connectivity index (χ1n) is 8.79. The molecule has 152 valence electrons. The summed E-state index contributed by atoms with van der Waals surface area (Å²) in [5, 5.41) is 3.11. The molecule has 0 fully saturated rings. The smallest absolute Gasteiger partial charge is 0.248 e. The molecule has 0 aliphatic carbocycles. The number of hydrogen-bond acceptors (Lipinski definition) is 4. The molecular weight excluding hydrogens is 400 g/mol. The summed E-state index contributed by atoms with van der Waals surface area (Å²) in [6.07, 6.45) is 1.35. The van der Waals surface area contributed by atoms with Crippen molar-refractivity contribution in [2.75, 3.05) is 23.0 Å². The van der Waals surface area contributed by atoms with Gasteiger partial charge in [-0.1, -0.05) is 36.2 Å². The van der Waals surface area contributed by atoms with Gasteiger partial charge in [-0.15, -0.1) is 0 Å². The van der Waals surface area contributed by atoms with Gasteiger partial charge in [-0.2, -0.15) is 0 Å². The minimum Gasteiger partial charge on any atom is -0.495 e. The summed E-state index contributed by atoms with van der Waals surface area (Å²) in [5.74, 6) is 0.0125. The van der Waals surface area contributed by atoms with E-state index in [1.54, 1.807) is 19.1 Å². The van der Waals surface area contributed by atoms with Crippen LogP contribution in [0.2, 0.25) is 5.02 Å². The van der Waals surface area contributed by atoms with Crippen molar-refractivity contribution in [1.82, 2.24) is 0 Å². The number of hydrogen-bond donors (Lipinski definition) is 1. The van der Waals surface area contributed by atoms with Gasteiger partial charge in [0.05, 0.1) is 24.1 Å². The number of carbonyl (C=O) groups is 1. The average Bonchev–Trinajstić information content (AvgIpc) is 2.60. The number of amides is 1. The van der Waals surface area contributed by atoms with Crippen molar-refractivity contribution < 1.29 is 17.9 Å². The number of nitrogens with one attached hydrogen (secondary N) is 1. The van der Waals surface area contributed by atoms with Crippen LogP contribution in [0.3, 0.4) is 0 Å². The number of halogens is 1. The third-order valence-electron chi connectivity index (χ3n) is 4.36. The highest BCUT2D eigenvalue weighted by atomic mass is 35.5. The summed E-state index contributed by atoms with van der Waals surface area (Å²) in [7, 11) is -2.27. The Morgan fingerprint density at radius 2 is 1.89 bits per heavy atom. The molecule has 0 radical (unpaired) electrons. The van der Waals surface area contributed by atoms with Crippen molar-refractivity contribution in [3.05, 3.63) is 52.5 Å². The molecule has 0 spiro atoms. The van der Waals surface area contributed by atoms with E-state index in [9.17, 15) is 13.2 Å². The maximum absolute atomic E-state index is 13.0. The van der Waals surface area contributed by atoms with Crippen molar-refractivity contribution in [2.45, 2.75) is 33.2 Å². The van der Waals surface area contributed by atoms with Crippen molar-refractivity contribution >= 4 is 38.9 Å². The van der Waals surface area contributed by atoms with E-state index in [0.717, 1.165) is 21.7 Å². The van der Waals surface area contributed by atoms with Gasteiger partial charge < -0.3 is 10.1 Å². The zero-order chi connectivity index (χ0) is 21.1. The summed E-state index contributed by atoms with van der Waals surface area (Å²) in [4.78, 5) is 13.0. The number of aryl methyl sites for hydroxylation is 2. The molecule has 1 N–H and O–H groups in total. The summed E-state index contributed by atoms with van der Waals surface area (Å²) in [6, 6.07) is 9.34. The molecule has 0 saturated carbocycles. The second-order valence-corrected chi connectivity index (χ2v) is 8.88. The lowest BCUT2D eigenvalue weighted by Crippen LogP contribution is -2.47. The molecule has 0 unspecified atom stereocenters. The first-order chi connectivity index (χ1) is 13.1. The molecule has 1 atom stereocenters. The maximum Gasteiger partial charge on any atom is 0.248 e. The lowest BCUT2D eigenvalue weighted by atomic mass is 10.1. The largest absolute Gasteiger partial charge is 0.495 e. The number of methoxy groups -OCH3 is 1. The predicted molar refractivity (Wildman–Crippen MR) is 114 cm³/mol. The number of carbonyl (C=O) groups excluding carboxylic acids is 1. The molecule has 0 aromatic heterocycles. The highest BCUT2D eigenvalue weighted by Crippen LogP contribution is 2.32. The molecule has 0 bridgehead atoms. The zero-order valence-electron chi connectivity index (χ0n) is 16.6. The normalized spacial score (nSPS) is 12.4. The SMILES string of the molecule is CC[C@H](C(=O)Nc1ccc(C)cc1C)N(c1ccc(OC)c(Cl)c1)S(C)(=O)=O. The van der Waals surface area contributed by atoms with E-state index < -0.39 is 22.0 Å². The fourth-order valence-corrected chi connectivity index (χ4v) is 4.48. The quantitative estimate of drug-likeness (QED) is 0.724. The van der Waals surface area contributed by atoms with Crippen LogP contribution in [0.15, 0.2) is 36.4 Å². The van der Waals surface area contributed by atoms with Crippen molar-refractivity contribution in [2.24, 2.45) is 0 Å². The lowest BCUT2D eigenvalue weighted by molar-refractivity contribution is -0.117. The van der Waals surface area contributed by atoms with Crippen LogP contribution >= 0.6 is 11.6 Å². The van der Waals surface area contributed by atoms with Crippen LogP contribution in [-0.2, 0) is 14.8 Å². The van der Waals surface area contributed by atoms with Crippen molar-refractivity contribution in [3.63, 3.8) is 0 Å². The monoisotopic (exact) mass is 424 g/mol. The third-order valence-corrected chi connectivity index (χ3v) is 5.83. The van der Waals surface area contributed by atoms with E-state index in [-0.39, 0.29) is 11.4 Å². The van der Waals surface area contributed by atoms with Gasteiger partial charge >= 0.3 is 0 Å². The molecule has 2 aromatic carbocycles. The van der Waals surface area contributed by atoms with E-state index >= 15 is 0 Å². The van der Waals surface area contributed by atoms with Crippen LogP contribution in [-0.4, -0.2) is 33.7 Å². The van der Waals surface area contributed by atoms with Crippen LogP contribution in [0, 0.1) is 13.8 Å². The molecular formula is C20H25ClN2O4S. The zero-order valence-corrected chi connectivity index (χ0v) is 18.2. The Balaban J connectivity index is 2.42. The van der Waals surface area contributed by atoms with Crippen LogP contribution < -0.4 is 14.4 Å². The minimum atomic E-state index is -3.75. The van der Waals surface area contributed by atoms with E-state index in [1.165, 1.54) is 13.2 Å². The lowest BCUT2D eigenvalue weighted by Gasteiger charge is -2.30. The number of rotatable bonds is 7. The van der Waals surface area contributed by atoms with Crippen molar-refractivity contribution in [1.29, 1.82) is 0 Å². The number of sulfonamides is 1. The minimum absolute atomic E-state index is 0.262. The van der Waals surface area contributed by atoms with Gasteiger partial charge in [0.2, 0.25) is 15.9 Å². The Labute approximate surface area is 171 Å². The Morgan fingerprint density at radius 3 is 2.39 bits per heavy atom. The van der Waals surface area contributed by atoms with Gasteiger partial charge in [-0.3, -0.25) is 9.10 Å². The molecule has 8 heteroatoms. The molecule has 0 aliphatic heterocycles. The van der Waals surface area contributed by atoms with E-state index in [0.29, 0.717) is 17.1 Å². The number of benzene rings is 2. The van der Waals surface area contributed by atoms with Crippen LogP contribution in [0.4, 0.5) is 11.4 Å². The van der Waals surface area contributed by atoms with Crippen LogP contribution in [0.5, 0.6) is 5.75 Å². The summed E-state index contributed by atoms with van der Waals surface area (Å²) < 4.78 is 31.3. The molecule has 2 rings (SSSR count). The molecule has 0 heterocycles. The topological polar surface area (TPSA) is 75.7 Å². The fourth-order valence-electron chi connectivity index (χ4n) is 3.02. The molecule has 6 nitrogen and oxygen atoms in total. The summed E-state index contributed by atoms with van der Waals surface area (Å²) in [5.41, 5.74) is 2.93. The molecule has 0 aliphatic rings. The first kappa shape index (κ1) is 22.0. The number of nitrogens with zero attached hydrogens (tertiary/aromatic N) is 1. The van der Waals surface area contributed by atoms with Gasteiger partial charge in [0.25, 0.3) is 0 Å². The van der Waals surface area contributed by atoms with E-state index in [2.05, 4.69) is 5.32 Å². The third kappa shape index (κ3) is 4.97. The standard InChI is InChI=1S/C20H25ClN2O4S/c1-6-18(20(24)22-17-9-7-13(2)11-14(17)3)23(28(5,25)26)15-8-10-19(27-4)16(21)12-15/h7-12,18H,6H2,1-5H3,(H,22,24)/t18-/m1/s1. The van der Waals surface area contributed by atoms with Gasteiger partial charge in [-0.05, 0) is 50.1 Å². The fraction of sp³-hybridized carbons (Fsp3) is 0.350. The molecule has 2 aromatic rings. The summed E-state index contributed by atoms with van der Waals surface area (Å²) in [6.45, 7) is 5.61. The Bertz CT molecular complexity index is 976.